The number of anilines is 2. The Balaban J connectivity index is 1.53. The number of benzene rings is 1. The van der Waals surface area contributed by atoms with E-state index in [0.717, 1.165) is 31.9 Å². The zero-order valence-electron chi connectivity index (χ0n) is 15.1. The highest BCUT2D eigenvalue weighted by Gasteiger charge is 2.20. The van der Waals surface area contributed by atoms with E-state index in [2.05, 4.69) is 58.9 Å². The van der Waals surface area contributed by atoms with E-state index >= 15 is 0 Å². The third-order valence-electron chi connectivity index (χ3n) is 5.36. The summed E-state index contributed by atoms with van der Waals surface area (Å²) >= 11 is 0. The van der Waals surface area contributed by atoms with Crippen LogP contribution in [-0.2, 0) is 6.54 Å². The zero-order chi connectivity index (χ0) is 17.1. The Morgan fingerprint density at radius 2 is 1.96 bits per heavy atom. The molecule has 2 N–H and O–H groups in total. The van der Waals surface area contributed by atoms with Crippen LogP contribution in [0.5, 0.6) is 0 Å². The van der Waals surface area contributed by atoms with Gasteiger partial charge in [0.25, 0.3) is 0 Å². The van der Waals surface area contributed by atoms with Crippen LogP contribution in [0.1, 0.15) is 48.5 Å². The Kier molecular flexibility index (Phi) is 4.88. The highest BCUT2D eigenvalue weighted by atomic mass is 15.2. The molecule has 1 fully saturated rings. The molecular weight excluding hydrogens is 308 g/mol. The standard InChI is InChI=1S/C21H28N4/c1-16-10-11-17(21(24-16)25-13-4-5-14-25)15-23-20-9-6-12-22-19-8-3-2-7-18(19)20/h2-3,7-8,10-11,20,22-23H,4-6,9,12-15H2,1H3/t20-/m0/s1. The fraction of sp³-hybridized carbons (Fsp3) is 0.476. The fourth-order valence-corrected chi connectivity index (χ4v) is 4.00. The van der Waals surface area contributed by atoms with Gasteiger partial charge < -0.3 is 15.5 Å². The van der Waals surface area contributed by atoms with Crippen molar-refractivity contribution in [2.24, 2.45) is 0 Å². The molecule has 1 aromatic carbocycles. The van der Waals surface area contributed by atoms with E-state index in [1.54, 1.807) is 0 Å². The van der Waals surface area contributed by atoms with E-state index in [1.807, 2.05) is 0 Å². The molecular formula is C21H28N4. The maximum absolute atomic E-state index is 4.86. The van der Waals surface area contributed by atoms with Gasteiger partial charge in [-0.25, -0.2) is 4.98 Å². The fourth-order valence-electron chi connectivity index (χ4n) is 4.00. The monoisotopic (exact) mass is 336 g/mol. The lowest BCUT2D eigenvalue weighted by atomic mass is 10.0. The minimum Gasteiger partial charge on any atom is -0.385 e. The van der Waals surface area contributed by atoms with E-state index in [4.69, 9.17) is 4.98 Å². The van der Waals surface area contributed by atoms with Crippen LogP contribution in [0.3, 0.4) is 0 Å². The normalized spacial score (nSPS) is 20.0. The minimum atomic E-state index is 0.402. The molecule has 2 aromatic rings. The quantitative estimate of drug-likeness (QED) is 0.884. The Hall–Kier alpha value is -2.07. The molecule has 0 unspecified atom stereocenters. The number of hydrogen-bond acceptors (Lipinski definition) is 4. The third kappa shape index (κ3) is 3.64. The lowest BCUT2D eigenvalue weighted by molar-refractivity contribution is 0.497. The second-order valence-corrected chi connectivity index (χ2v) is 7.22. The molecule has 0 bridgehead atoms. The number of aryl methyl sites for hydroxylation is 1. The van der Waals surface area contributed by atoms with Gasteiger partial charge in [0.1, 0.15) is 5.82 Å². The van der Waals surface area contributed by atoms with Gasteiger partial charge in [-0.1, -0.05) is 24.3 Å². The van der Waals surface area contributed by atoms with Crippen molar-refractivity contribution < 1.29 is 0 Å². The molecule has 3 heterocycles. The number of pyridine rings is 1. The van der Waals surface area contributed by atoms with Crippen molar-refractivity contribution in [1.82, 2.24) is 10.3 Å². The van der Waals surface area contributed by atoms with Crippen molar-refractivity contribution in [1.29, 1.82) is 0 Å². The number of rotatable bonds is 4. The molecule has 1 saturated heterocycles. The summed E-state index contributed by atoms with van der Waals surface area (Å²) in [5, 5.41) is 7.37. The molecule has 0 radical (unpaired) electrons. The van der Waals surface area contributed by atoms with Crippen LogP contribution in [0.4, 0.5) is 11.5 Å². The van der Waals surface area contributed by atoms with E-state index < -0.39 is 0 Å². The molecule has 0 saturated carbocycles. The van der Waals surface area contributed by atoms with Gasteiger partial charge in [-0.05, 0) is 50.3 Å². The summed E-state index contributed by atoms with van der Waals surface area (Å²) in [6.07, 6.45) is 4.92. The summed E-state index contributed by atoms with van der Waals surface area (Å²) in [5.41, 5.74) is 5.10. The van der Waals surface area contributed by atoms with Gasteiger partial charge >= 0.3 is 0 Å². The number of nitrogens with one attached hydrogen (secondary N) is 2. The molecule has 4 nitrogen and oxygen atoms in total. The SMILES string of the molecule is Cc1ccc(CN[C@H]2CCCNc3ccccc32)c(N2CCCC2)n1. The predicted octanol–water partition coefficient (Wildman–Crippen LogP) is 4.03. The van der Waals surface area contributed by atoms with Crippen molar-refractivity contribution in [2.75, 3.05) is 29.9 Å². The molecule has 2 aliphatic rings. The highest BCUT2D eigenvalue weighted by Crippen LogP contribution is 2.30. The molecule has 25 heavy (non-hydrogen) atoms. The van der Waals surface area contributed by atoms with Crippen molar-refractivity contribution in [3.05, 3.63) is 53.2 Å². The summed E-state index contributed by atoms with van der Waals surface area (Å²) in [4.78, 5) is 7.31. The van der Waals surface area contributed by atoms with E-state index in [9.17, 15) is 0 Å². The first-order valence-electron chi connectivity index (χ1n) is 9.59. The number of fused-ring (bicyclic) bond motifs is 1. The Morgan fingerprint density at radius 3 is 2.84 bits per heavy atom. The van der Waals surface area contributed by atoms with Crippen LogP contribution in [0, 0.1) is 6.92 Å². The number of hydrogen-bond donors (Lipinski definition) is 2. The van der Waals surface area contributed by atoms with Crippen molar-refractivity contribution in [2.45, 2.75) is 45.2 Å². The van der Waals surface area contributed by atoms with Gasteiger partial charge in [-0.2, -0.15) is 0 Å². The van der Waals surface area contributed by atoms with Crippen LogP contribution in [0.15, 0.2) is 36.4 Å². The Labute approximate surface area is 150 Å². The van der Waals surface area contributed by atoms with Crippen LogP contribution < -0.4 is 15.5 Å². The number of para-hydroxylation sites is 1. The van der Waals surface area contributed by atoms with Crippen LogP contribution in [0.25, 0.3) is 0 Å². The summed E-state index contributed by atoms with van der Waals surface area (Å²) in [7, 11) is 0. The van der Waals surface area contributed by atoms with E-state index in [0.29, 0.717) is 6.04 Å². The van der Waals surface area contributed by atoms with Crippen molar-refractivity contribution >= 4 is 11.5 Å². The molecule has 0 amide bonds. The molecule has 0 aliphatic carbocycles. The molecule has 0 spiro atoms. The lowest BCUT2D eigenvalue weighted by Gasteiger charge is -2.23. The largest absolute Gasteiger partial charge is 0.385 e. The molecule has 1 aromatic heterocycles. The Bertz CT molecular complexity index is 722. The van der Waals surface area contributed by atoms with Gasteiger partial charge in [0.2, 0.25) is 0 Å². The second kappa shape index (κ2) is 7.44. The minimum absolute atomic E-state index is 0.402. The number of aromatic nitrogens is 1. The molecule has 132 valence electrons. The summed E-state index contributed by atoms with van der Waals surface area (Å²) in [6.45, 7) is 6.29. The maximum atomic E-state index is 4.86. The summed E-state index contributed by atoms with van der Waals surface area (Å²) in [5.74, 6) is 1.19. The van der Waals surface area contributed by atoms with Gasteiger partial charge in [-0.3, -0.25) is 0 Å². The highest BCUT2D eigenvalue weighted by molar-refractivity contribution is 5.53. The van der Waals surface area contributed by atoms with Gasteiger partial charge in [-0.15, -0.1) is 0 Å². The lowest BCUT2D eigenvalue weighted by Crippen LogP contribution is -2.25. The van der Waals surface area contributed by atoms with Crippen LogP contribution >= 0.6 is 0 Å². The van der Waals surface area contributed by atoms with Gasteiger partial charge in [0, 0.05) is 49.2 Å². The molecule has 2 aliphatic heterocycles. The number of nitrogens with zero attached hydrogens (tertiary/aromatic N) is 2. The molecule has 4 heteroatoms. The smallest absolute Gasteiger partial charge is 0.133 e. The molecule has 4 rings (SSSR count). The third-order valence-corrected chi connectivity index (χ3v) is 5.36. The first-order chi connectivity index (χ1) is 12.3. The van der Waals surface area contributed by atoms with Crippen LogP contribution in [-0.4, -0.2) is 24.6 Å². The van der Waals surface area contributed by atoms with E-state index in [1.165, 1.54) is 48.3 Å². The topological polar surface area (TPSA) is 40.2 Å². The zero-order valence-corrected chi connectivity index (χ0v) is 15.1. The maximum Gasteiger partial charge on any atom is 0.133 e. The Morgan fingerprint density at radius 1 is 1.12 bits per heavy atom. The predicted molar refractivity (Wildman–Crippen MR) is 104 cm³/mol. The average molecular weight is 336 g/mol. The van der Waals surface area contributed by atoms with Gasteiger partial charge in [0.05, 0.1) is 0 Å². The summed E-state index contributed by atoms with van der Waals surface area (Å²) < 4.78 is 0. The summed E-state index contributed by atoms with van der Waals surface area (Å²) in [6, 6.07) is 13.5. The van der Waals surface area contributed by atoms with Crippen LogP contribution in [0.2, 0.25) is 0 Å². The van der Waals surface area contributed by atoms with Crippen molar-refractivity contribution in [3.8, 4) is 0 Å². The second-order valence-electron chi connectivity index (χ2n) is 7.22. The van der Waals surface area contributed by atoms with Gasteiger partial charge in [0.15, 0.2) is 0 Å². The van der Waals surface area contributed by atoms with E-state index in [-0.39, 0.29) is 0 Å². The molecule has 1 atom stereocenters. The van der Waals surface area contributed by atoms with Crippen molar-refractivity contribution in [3.63, 3.8) is 0 Å². The average Bonchev–Trinajstić information content (AvgIpc) is 3.09. The first kappa shape index (κ1) is 16.4. The first-order valence-corrected chi connectivity index (χ1v) is 9.59.